The van der Waals surface area contributed by atoms with E-state index < -0.39 is 0 Å². The quantitative estimate of drug-likeness (QED) is 0.497. The number of hydrogen-bond donors (Lipinski definition) is 1. The van der Waals surface area contributed by atoms with Crippen LogP contribution in [0.25, 0.3) is 0 Å². The Labute approximate surface area is 74.0 Å². The van der Waals surface area contributed by atoms with Gasteiger partial charge in [0.25, 0.3) is 0 Å². The first-order valence-electron chi connectivity index (χ1n) is 4.60. The highest BCUT2D eigenvalue weighted by Crippen LogP contribution is 2.29. The number of amidine groups is 1. The zero-order chi connectivity index (χ0) is 8.97. The minimum atomic E-state index is 0.260. The molecule has 0 spiro atoms. The largest absolute Gasteiger partial charge is 0.387 e. The summed E-state index contributed by atoms with van der Waals surface area (Å²) >= 11 is 0. The smallest absolute Gasteiger partial charge is 0.0972 e. The van der Waals surface area contributed by atoms with Gasteiger partial charge < -0.3 is 10.5 Å². The van der Waals surface area contributed by atoms with E-state index in [0.717, 1.165) is 12.3 Å². The van der Waals surface area contributed by atoms with Gasteiger partial charge in [0.2, 0.25) is 0 Å². The lowest BCUT2D eigenvalue weighted by atomic mass is 10.2. The van der Waals surface area contributed by atoms with Crippen LogP contribution >= 0.6 is 0 Å². The van der Waals surface area contributed by atoms with Gasteiger partial charge in [-0.2, -0.15) is 0 Å². The molecule has 12 heavy (non-hydrogen) atoms. The van der Waals surface area contributed by atoms with E-state index >= 15 is 0 Å². The van der Waals surface area contributed by atoms with E-state index in [1.807, 2.05) is 0 Å². The Morgan fingerprint density at radius 2 is 2.33 bits per heavy atom. The number of rotatable bonds is 5. The van der Waals surface area contributed by atoms with Gasteiger partial charge in [0.15, 0.2) is 0 Å². The first kappa shape index (κ1) is 9.52. The number of nitrogens with zero attached hydrogens (tertiary/aromatic N) is 1. The van der Waals surface area contributed by atoms with Crippen LogP contribution in [0, 0.1) is 5.92 Å². The van der Waals surface area contributed by atoms with Crippen LogP contribution in [0.2, 0.25) is 0 Å². The molecule has 3 heteroatoms. The topological polar surface area (TPSA) is 47.6 Å². The third-order valence-electron chi connectivity index (χ3n) is 2.16. The second-order valence-corrected chi connectivity index (χ2v) is 3.35. The molecule has 0 aliphatic heterocycles. The van der Waals surface area contributed by atoms with Crippen LogP contribution in [0.1, 0.15) is 26.2 Å². The fourth-order valence-corrected chi connectivity index (χ4v) is 1.13. The molecule has 0 aromatic carbocycles. The zero-order valence-corrected chi connectivity index (χ0v) is 7.92. The first-order valence-corrected chi connectivity index (χ1v) is 4.60. The minimum absolute atomic E-state index is 0.260. The fourth-order valence-electron chi connectivity index (χ4n) is 1.13. The molecule has 1 fully saturated rings. The van der Waals surface area contributed by atoms with Crippen LogP contribution in [0.5, 0.6) is 0 Å². The Balaban J connectivity index is 2.37. The highest BCUT2D eigenvalue weighted by Gasteiger charge is 2.25. The lowest BCUT2D eigenvalue weighted by molar-refractivity contribution is 0.179. The molecular formula is C9H18N2O. The number of aliphatic imine (C=N–C) groups is 1. The highest BCUT2D eigenvalue weighted by atomic mass is 16.5. The SMILES string of the molecule is CCC(COC)N=C(N)C1CC1. The summed E-state index contributed by atoms with van der Waals surface area (Å²) in [5, 5.41) is 0. The van der Waals surface area contributed by atoms with Crippen molar-refractivity contribution in [1.82, 2.24) is 0 Å². The van der Waals surface area contributed by atoms with Gasteiger partial charge in [0, 0.05) is 13.0 Å². The summed E-state index contributed by atoms with van der Waals surface area (Å²) < 4.78 is 5.03. The van der Waals surface area contributed by atoms with Gasteiger partial charge in [-0.15, -0.1) is 0 Å². The molecule has 2 N–H and O–H groups in total. The number of nitrogens with two attached hydrogens (primary N) is 1. The summed E-state index contributed by atoms with van der Waals surface area (Å²) in [6.45, 7) is 2.79. The Morgan fingerprint density at radius 3 is 2.75 bits per heavy atom. The van der Waals surface area contributed by atoms with Crippen molar-refractivity contribution in [2.24, 2.45) is 16.6 Å². The maximum atomic E-state index is 5.78. The second-order valence-electron chi connectivity index (χ2n) is 3.35. The molecule has 1 unspecified atom stereocenters. The van der Waals surface area contributed by atoms with E-state index in [4.69, 9.17) is 10.5 Å². The summed E-state index contributed by atoms with van der Waals surface area (Å²) in [4.78, 5) is 4.42. The number of ether oxygens (including phenoxy) is 1. The van der Waals surface area contributed by atoms with Gasteiger partial charge in [-0.05, 0) is 19.3 Å². The molecule has 0 aromatic rings. The van der Waals surface area contributed by atoms with Crippen molar-refractivity contribution in [2.45, 2.75) is 32.2 Å². The van der Waals surface area contributed by atoms with Crippen molar-refractivity contribution in [3.05, 3.63) is 0 Å². The molecule has 1 aliphatic rings. The molecule has 0 aromatic heterocycles. The van der Waals surface area contributed by atoms with E-state index in [0.29, 0.717) is 12.5 Å². The number of hydrogen-bond acceptors (Lipinski definition) is 2. The third-order valence-corrected chi connectivity index (χ3v) is 2.16. The van der Waals surface area contributed by atoms with E-state index in [1.54, 1.807) is 7.11 Å². The normalized spacial score (nSPS) is 21.0. The van der Waals surface area contributed by atoms with Crippen LogP contribution in [-0.2, 0) is 4.74 Å². The molecule has 0 bridgehead atoms. The average molecular weight is 170 g/mol. The molecule has 0 heterocycles. The summed E-state index contributed by atoms with van der Waals surface area (Å²) in [6.07, 6.45) is 3.44. The summed E-state index contributed by atoms with van der Waals surface area (Å²) in [5.74, 6) is 1.41. The second kappa shape index (κ2) is 4.45. The fraction of sp³-hybridized carbons (Fsp3) is 0.889. The van der Waals surface area contributed by atoms with Gasteiger partial charge in [-0.25, -0.2) is 0 Å². The van der Waals surface area contributed by atoms with Gasteiger partial charge >= 0.3 is 0 Å². The van der Waals surface area contributed by atoms with Crippen LogP contribution in [0.4, 0.5) is 0 Å². The first-order chi connectivity index (χ1) is 5.77. The molecule has 1 aliphatic carbocycles. The maximum Gasteiger partial charge on any atom is 0.0972 e. The van der Waals surface area contributed by atoms with Crippen molar-refractivity contribution in [3.8, 4) is 0 Å². The van der Waals surface area contributed by atoms with E-state index in [2.05, 4.69) is 11.9 Å². The molecule has 1 atom stereocenters. The summed E-state index contributed by atoms with van der Waals surface area (Å²) in [7, 11) is 1.70. The Hall–Kier alpha value is -0.570. The standard InChI is InChI=1S/C9H18N2O/c1-3-8(6-12-2)11-9(10)7-4-5-7/h7-8H,3-6H2,1-2H3,(H2,10,11). The van der Waals surface area contributed by atoms with Crippen LogP contribution < -0.4 is 5.73 Å². The van der Waals surface area contributed by atoms with Crippen molar-refractivity contribution in [1.29, 1.82) is 0 Å². The molecule has 0 amide bonds. The average Bonchev–Trinajstić information content (AvgIpc) is 2.85. The van der Waals surface area contributed by atoms with Crippen molar-refractivity contribution >= 4 is 5.84 Å². The Kier molecular flexibility index (Phi) is 3.53. The minimum Gasteiger partial charge on any atom is -0.387 e. The van der Waals surface area contributed by atoms with E-state index in [9.17, 15) is 0 Å². The molecule has 1 rings (SSSR count). The number of methoxy groups -OCH3 is 1. The van der Waals surface area contributed by atoms with Crippen LogP contribution in [0.15, 0.2) is 4.99 Å². The summed E-state index contributed by atoms with van der Waals surface area (Å²) in [5.41, 5.74) is 5.78. The molecule has 0 radical (unpaired) electrons. The molecule has 0 saturated heterocycles. The summed E-state index contributed by atoms with van der Waals surface area (Å²) in [6, 6.07) is 0.260. The predicted molar refractivity (Wildman–Crippen MR) is 50.3 cm³/mol. The van der Waals surface area contributed by atoms with Crippen LogP contribution in [0.3, 0.4) is 0 Å². The van der Waals surface area contributed by atoms with Gasteiger partial charge in [-0.3, -0.25) is 4.99 Å². The third kappa shape index (κ3) is 2.81. The lowest BCUT2D eigenvalue weighted by Crippen LogP contribution is -2.20. The van der Waals surface area contributed by atoms with Gasteiger partial charge in [-0.1, -0.05) is 6.92 Å². The van der Waals surface area contributed by atoms with Crippen molar-refractivity contribution in [2.75, 3.05) is 13.7 Å². The van der Waals surface area contributed by atoms with Crippen molar-refractivity contribution < 1.29 is 4.74 Å². The van der Waals surface area contributed by atoms with E-state index in [-0.39, 0.29) is 6.04 Å². The highest BCUT2D eigenvalue weighted by molar-refractivity contribution is 5.85. The Bertz CT molecular complexity index is 164. The Morgan fingerprint density at radius 1 is 1.67 bits per heavy atom. The monoisotopic (exact) mass is 170 g/mol. The predicted octanol–water partition coefficient (Wildman–Crippen LogP) is 1.18. The van der Waals surface area contributed by atoms with Gasteiger partial charge in [0.05, 0.1) is 18.5 Å². The molecular weight excluding hydrogens is 152 g/mol. The van der Waals surface area contributed by atoms with Gasteiger partial charge in [0.1, 0.15) is 0 Å². The molecule has 3 nitrogen and oxygen atoms in total. The van der Waals surface area contributed by atoms with E-state index in [1.165, 1.54) is 12.8 Å². The van der Waals surface area contributed by atoms with Crippen LogP contribution in [-0.4, -0.2) is 25.6 Å². The molecule has 70 valence electrons. The maximum absolute atomic E-state index is 5.78. The molecule has 1 saturated carbocycles. The van der Waals surface area contributed by atoms with Crippen molar-refractivity contribution in [3.63, 3.8) is 0 Å². The lowest BCUT2D eigenvalue weighted by Gasteiger charge is -2.09. The zero-order valence-electron chi connectivity index (χ0n) is 7.92.